The second-order valence-electron chi connectivity index (χ2n) is 12.4. The van der Waals surface area contributed by atoms with Gasteiger partial charge < -0.3 is 4.90 Å². The van der Waals surface area contributed by atoms with Crippen LogP contribution in [0, 0.1) is 0 Å². The molecule has 0 saturated heterocycles. The molecule has 0 amide bonds. The van der Waals surface area contributed by atoms with Crippen molar-refractivity contribution >= 4 is 23.0 Å². The summed E-state index contributed by atoms with van der Waals surface area (Å²) in [6, 6.07) is 57.4. The molecule has 6 aromatic rings. The van der Waals surface area contributed by atoms with Crippen LogP contribution in [0.15, 0.2) is 182 Å². The van der Waals surface area contributed by atoms with Gasteiger partial charge in [-0.1, -0.05) is 152 Å². The van der Waals surface area contributed by atoms with Crippen LogP contribution in [0.4, 0.5) is 11.4 Å². The van der Waals surface area contributed by atoms with Gasteiger partial charge in [0.25, 0.3) is 0 Å². The summed E-state index contributed by atoms with van der Waals surface area (Å²) in [7, 11) is 0. The van der Waals surface area contributed by atoms with Crippen LogP contribution in [0.25, 0.3) is 33.9 Å². The van der Waals surface area contributed by atoms with Crippen molar-refractivity contribution in [2.24, 2.45) is 0 Å². The summed E-state index contributed by atoms with van der Waals surface area (Å²) in [6.07, 6.45) is 12.2. The third-order valence-corrected chi connectivity index (χ3v) is 9.59. The first-order valence-electron chi connectivity index (χ1n) is 16.7. The van der Waals surface area contributed by atoms with E-state index in [4.69, 9.17) is 0 Å². The molecule has 226 valence electrons. The summed E-state index contributed by atoms with van der Waals surface area (Å²) in [5, 5.41) is 0. The highest BCUT2D eigenvalue weighted by Gasteiger charge is 2.24. The Hall–Kier alpha value is -5.66. The Morgan fingerprint density at radius 3 is 1.79 bits per heavy atom. The van der Waals surface area contributed by atoms with Gasteiger partial charge in [0, 0.05) is 23.0 Å². The largest absolute Gasteiger partial charge is 0.314 e. The van der Waals surface area contributed by atoms with Crippen molar-refractivity contribution in [3.8, 4) is 22.3 Å². The maximum atomic E-state index is 2.47. The van der Waals surface area contributed by atoms with Gasteiger partial charge in [0.05, 0.1) is 0 Å². The second kappa shape index (κ2) is 13.0. The van der Waals surface area contributed by atoms with E-state index < -0.39 is 0 Å². The molecule has 2 aliphatic rings. The number of anilines is 2. The molecule has 1 atom stereocenters. The van der Waals surface area contributed by atoms with Gasteiger partial charge in [-0.2, -0.15) is 0 Å². The molecular weight excluding hydrogens is 567 g/mol. The normalized spacial score (nSPS) is 15.4. The number of hydrogen-bond acceptors (Lipinski definition) is 1. The Balaban J connectivity index is 1.26. The Morgan fingerprint density at radius 1 is 0.468 bits per heavy atom. The zero-order valence-corrected chi connectivity index (χ0v) is 26.5. The molecule has 0 heterocycles. The predicted octanol–water partition coefficient (Wildman–Crippen LogP) is 12.5. The molecular formula is C46H37N. The first kappa shape index (κ1) is 28.8. The molecule has 0 fully saturated rings. The molecule has 6 aromatic carbocycles. The van der Waals surface area contributed by atoms with Crippen LogP contribution in [0.5, 0.6) is 0 Å². The van der Waals surface area contributed by atoms with Crippen molar-refractivity contribution < 1.29 is 0 Å². The topological polar surface area (TPSA) is 3.24 Å². The molecule has 1 unspecified atom stereocenters. The molecule has 8 rings (SSSR count). The lowest BCUT2D eigenvalue weighted by Gasteiger charge is -2.32. The first-order valence-corrected chi connectivity index (χ1v) is 16.7. The standard InChI is InChI=1S/C46H37N/c1-4-13-34(14-5-1)36-23-27-40(28-24-36)47(41-29-25-37(26-30-41)35-15-6-2-7-16-35)42-31-32-45(46(33-42)39-17-8-3-9-18-39)44-22-12-20-38-19-10-11-21-43(38)44/h1-21,23-25,27-29,31-33,44H,22,26,30H2. The maximum Gasteiger partial charge on any atom is 0.0464 e. The summed E-state index contributed by atoms with van der Waals surface area (Å²) in [5.74, 6) is 0.310. The minimum absolute atomic E-state index is 0.310. The molecule has 0 radical (unpaired) electrons. The van der Waals surface area contributed by atoms with Crippen molar-refractivity contribution in [1.82, 2.24) is 0 Å². The zero-order chi connectivity index (χ0) is 31.4. The number of benzene rings is 6. The van der Waals surface area contributed by atoms with Crippen molar-refractivity contribution in [3.05, 3.63) is 204 Å². The molecule has 0 N–H and O–H groups in total. The Bertz CT molecular complexity index is 2080. The van der Waals surface area contributed by atoms with Crippen LogP contribution >= 0.6 is 0 Å². The van der Waals surface area contributed by atoms with Crippen LogP contribution in [0.2, 0.25) is 0 Å². The third-order valence-electron chi connectivity index (χ3n) is 9.59. The molecule has 0 aromatic heterocycles. The van der Waals surface area contributed by atoms with Crippen molar-refractivity contribution in [2.45, 2.75) is 25.2 Å². The maximum absolute atomic E-state index is 2.47. The second-order valence-corrected chi connectivity index (χ2v) is 12.4. The van der Waals surface area contributed by atoms with Crippen molar-refractivity contribution in [3.63, 3.8) is 0 Å². The van der Waals surface area contributed by atoms with Gasteiger partial charge in [-0.05, 0) is 99.7 Å². The van der Waals surface area contributed by atoms with E-state index in [0.717, 1.165) is 19.3 Å². The summed E-state index contributed by atoms with van der Waals surface area (Å²) in [6.45, 7) is 0. The average Bonchev–Trinajstić information content (AvgIpc) is 3.16. The van der Waals surface area contributed by atoms with Gasteiger partial charge in [-0.3, -0.25) is 0 Å². The van der Waals surface area contributed by atoms with E-state index in [9.17, 15) is 0 Å². The Morgan fingerprint density at radius 2 is 1.09 bits per heavy atom. The highest BCUT2D eigenvalue weighted by Crippen LogP contribution is 2.44. The molecule has 0 saturated carbocycles. The highest BCUT2D eigenvalue weighted by atomic mass is 15.1. The lowest BCUT2D eigenvalue weighted by atomic mass is 9.79. The Labute approximate surface area is 278 Å². The van der Waals surface area contributed by atoms with Gasteiger partial charge in [0.15, 0.2) is 0 Å². The SMILES string of the molecule is C1=Cc2ccccc2C(c2ccc(N(C3=CC=C(c4ccccc4)CC3)c3ccc(-c4ccccc4)cc3)cc2-c2ccccc2)C1. The van der Waals surface area contributed by atoms with Crippen molar-refractivity contribution in [2.75, 3.05) is 4.90 Å². The van der Waals surface area contributed by atoms with Gasteiger partial charge in [0.1, 0.15) is 0 Å². The molecule has 0 spiro atoms. The number of allylic oxidation sites excluding steroid dienone is 5. The van der Waals surface area contributed by atoms with E-state index in [2.05, 4.69) is 187 Å². The third kappa shape index (κ3) is 5.89. The van der Waals surface area contributed by atoms with Crippen LogP contribution in [-0.2, 0) is 0 Å². The molecule has 47 heavy (non-hydrogen) atoms. The van der Waals surface area contributed by atoms with E-state index in [1.807, 2.05) is 0 Å². The molecule has 1 nitrogen and oxygen atoms in total. The van der Waals surface area contributed by atoms with Crippen LogP contribution in [0.1, 0.15) is 47.4 Å². The van der Waals surface area contributed by atoms with Gasteiger partial charge in [0.2, 0.25) is 0 Å². The van der Waals surface area contributed by atoms with E-state index in [1.165, 1.54) is 67.2 Å². The minimum atomic E-state index is 0.310. The molecule has 0 bridgehead atoms. The van der Waals surface area contributed by atoms with E-state index in [0.29, 0.717) is 5.92 Å². The minimum Gasteiger partial charge on any atom is -0.314 e. The fourth-order valence-electron chi connectivity index (χ4n) is 7.21. The van der Waals surface area contributed by atoms with Crippen LogP contribution < -0.4 is 4.90 Å². The summed E-state index contributed by atoms with van der Waals surface area (Å²) in [4.78, 5) is 2.47. The molecule has 2 aliphatic carbocycles. The molecule has 0 aliphatic heterocycles. The number of hydrogen-bond donors (Lipinski definition) is 0. The van der Waals surface area contributed by atoms with Gasteiger partial charge in [-0.25, -0.2) is 0 Å². The van der Waals surface area contributed by atoms with Gasteiger partial charge in [-0.15, -0.1) is 0 Å². The summed E-state index contributed by atoms with van der Waals surface area (Å²) >= 11 is 0. The van der Waals surface area contributed by atoms with Gasteiger partial charge >= 0.3 is 0 Å². The first-order chi connectivity index (χ1) is 23.3. The van der Waals surface area contributed by atoms with E-state index in [-0.39, 0.29) is 0 Å². The smallest absolute Gasteiger partial charge is 0.0464 e. The summed E-state index contributed by atoms with van der Waals surface area (Å²) < 4.78 is 0. The summed E-state index contributed by atoms with van der Waals surface area (Å²) in [5.41, 5.74) is 15.4. The van der Waals surface area contributed by atoms with Crippen molar-refractivity contribution in [1.29, 1.82) is 0 Å². The zero-order valence-electron chi connectivity index (χ0n) is 26.5. The fourth-order valence-corrected chi connectivity index (χ4v) is 7.21. The fraction of sp³-hybridized carbons (Fsp3) is 0.0870. The van der Waals surface area contributed by atoms with E-state index in [1.54, 1.807) is 0 Å². The van der Waals surface area contributed by atoms with Crippen LogP contribution in [0.3, 0.4) is 0 Å². The lowest BCUT2D eigenvalue weighted by molar-refractivity contribution is 0.821. The number of nitrogens with zero attached hydrogens (tertiary/aromatic N) is 1. The predicted molar refractivity (Wildman–Crippen MR) is 200 cm³/mol. The Kier molecular flexibility index (Phi) is 7.95. The van der Waals surface area contributed by atoms with Crippen LogP contribution in [-0.4, -0.2) is 0 Å². The average molecular weight is 604 g/mol. The van der Waals surface area contributed by atoms with E-state index >= 15 is 0 Å². The number of fused-ring (bicyclic) bond motifs is 1. The highest BCUT2D eigenvalue weighted by molar-refractivity contribution is 5.80. The molecule has 1 heteroatoms. The lowest BCUT2D eigenvalue weighted by Crippen LogP contribution is -2.18. The quantitative estimate of drug-likeness (QED) is 0.175. The number of rotatable bonds is 7. The monoisotopic (exact) mass is 603 g/mol.